The first-order chi connectivity index (χ1) is 16.2. The van der Waals surface area contributed by atoms with Crippen molar-refractivity contribution in [2.75, 3.05) is 13.2 Å². The third kappa shape index (κ3) is 6.26. The minimum atomic E-state index is -0.799. The fraction of sp³-hybridized carbons (Fsp3) is 0.231. The number of carbonyl (C=O) groups excluding carboxylic acids is 2. The van der Waals surface area contributed by atoms with Crippen molar-refractivity contribution in [1.29, 1.82) is 0 Å². The van der Waals surface area contributed by atoms with Crippen molar-refractivity contribution < 1.29 is 23.8 Å². The lowest BCUT2D eigenvalue weighted by Crippen LogP contribution is -2.48. The number of rotatable bonds is 8. The monoisotopic (exact) mass is 446 g/mol. The molecule has 0 saturated heterocycles. The summed E-state index contributed by atoms with van der Waals surface area (Å²) in [7, 11) is 0. The molecule has 3 aromatic rings. The molecule has 0 fully saturated rings. The Morgan fingerprint density at radius 3 is 2.30 bits per heavy atom. The van der Waals surface area contributed by atoms with Gasteiger partial charge < -0.3 is 24.8 Å². The molecule has 0 spiro atoms. The van der Waals surface area contributed by atoms with Gasteiger partial charge in [0.25, 0.3) is 0 Å². The van der Waals surface area contributed by atoms with Crippen molar-refractivity contribution in [1.82, 2.24) is 10.6 Å². The second kappa shape index (κ2) is 11.0. The number of ether oxygens (including phenoxy) is 3. The molecule has 4 rings (SSSR count). The highest BCUT2D eigenvalue weighted by molar-refractivity contribution is 5.86. The van der Waals surface area contributed by atoms with Gasteiger partial charge in [0.05, 0.1) is 0 Å². The third-order valence-electron chi connectivity index (χ3n) is 5.20. The van der Waals surface area contributed by atoms with Gasteiger partial charge in [-0.05, 0) is 17.2 Å². The molecule has 3 aromatic carbocycles. The average molecular weight is 447 g/mol. The molecule has 1 aliphatic heterocycles. The van der Waals surface area contributed by atoms with E-state index >= 15 is 0 Å². The first-order valence-corrected chi connectivity index (χ1v) is 10.9. The van der Waals surface area contributed by atoms with E-state index in [1.807, 2.05) is 78.9 Å². The number of amides is 2. The normalized spacial score (nSPS) is 13.0. The first kappa shape index (κ1) is 22.2. The van der Waals surface area contributed by atoms with Crippen LogP contribution in [-0.4, -0.2) is 31.3 Å². The van der Waals surface area contributed by atoms with E-state index in [0.717, 1.165) is 16.7 Å². The maximum Gasteiger partial charge on any atom is 0.408 e. The van der Waals surface area contributed by atoms with Gasteiger partial charge in [-0.2, -0.15) is 0 Å². The predicted octanol–water partition coefficient (Wildman–Crippen LogP) is 3.61. The number of carbonyl (C=O) groups is 2. The van der Waals surface area contributed by atoms with Gasteiger partial charge >= 0.3 is 6.09 Å². The summed E-state index contributed by atoms with van der Waals surface area (Å²) in [6.45, 7) is 1.33. The number of alkyl carbamates (subject to hydrolysis) is 1. The van der Waals surface area contributed by atoms with Crippen LogP contribution in [0.25, 0.3) is 0 Å². The molecular formula is C26H26N2O5. The number of hydrogen-bond donors (Lipinski definition) is 2. The topological polar surface area (TPSA) is 85.9 Å². The van der Waals surface area contributed by atoms with Crippen molar-refractivity contribution in [2.24, 2.45) is 0 Å². The molecule has 0 saturated carbocycles. The van der Waals surface area contributed by atoms with Crippen molar-refractivity contribution in [3.05, 3.63) is 95.6 Å². The zero-order chi connectivity index (χ0) is 22.9. The van der Waals surface area contributed by atoms with Crippen molar-refractivity contribution in [2.45, 2.75) is 25.6 Å². The van der Waals surface area contributed by atoms with E-state index < -0.39 is 12.1 Å². The second-order valence-electron chi connectivity index (χ2n) is 7.61. The van der Waals surface area contributed by atoms with Gasteiger partial charge in [-0.15, -0.1) is 0 Å². The predicted molar refractivity (Wildman–Crippen MR) is 123 cm³/mol. The van der Waals surface area contributed by atoms with E-state index in [1.54, 1.807) is 0 Å². The van der Waals surface area contributed by atoms with Gasteiger partial charge in [-0.1, -0.05) is 72.8 Å². The summed E-state index contributed by atoms with van der Waals surface area (Å²) in [4.78, 5) is 25.5. The Hall–Kier alpha value is -4.00. The minimum Gasteiger partial charge on any atom is -0.486 e. The summed E-state index contributed by atoms with van der Waals surface area (Å²) in [5.74, 6) is 0.986. The van der Waals surface area contributed by atoms with Gasteiger partial charge in [0.1, 0.15) is 25.9 Å². The Balaban J connectivity index is 1.40. The molecular weight excluding hydrogens is 420 g/mol. The van der Waals surface area contributed by atoms with Gasteiger partial charge in [-0.25, -0.2) is 4.79 Å². The summed E-state index contributed by atoms with van der Waals surface area (Å²) < 4.78 is 16.6. The summed E-state index contributed by atoms with van der Waals surface area (Å²) >= 11 is 0. The Morgan fingerprint density at radius 1 is 0.848 bits per heavy atom. The fourth-order valence-electron chi connectivity index (χ4n) is 3.54. The Kier molecular flexibility index (Phi) is 7.43. The average Bonchev–Trinajstić information content (AvgIpc) is 2.87. The van der Waals surface area contributed by atoms with Gasteiger partial charge in [0.2, 0.25) is 5.91 Å². The second-order valence-corrected chi connectivity index (χ2v) is 7.61. The molecule has 7 heteroatoms. The molecule has 0 bridgehead atoms. The molecule has 2 amide bonds. The van der Waals surface area contributed by atoms with E-state index in [0.29, 0.717) is 31.1 Å². The lowest BCUT2D eigenvalue weighted by molar-refractivity contribution is -0.123. The standard InChI is InChI=1S/C26H26N2O5/c29-25(27-17-21-12-7-13-23-24(21)32-15-14-31-23)22(16-19-8-3-1-4-9-19)28-26(30)33-18-20-10-5-2-6-11-20/h1-13,22H,14-18H2,(H,27,29)(H,28,30)/t22-/m0/s1. The summed E-state index contributed by atoms with van der Waals surface area (Å²) in [5.41, 5.74) is 2.60. The van der Waals surface area contributed by atoms with Crippen LogP contribution in [0.4, 0.5) is 4.79 Å². The molecule has 1 aliphatic rings. The summed E-state index contributed by atoms with van der Waals surface area (Å²) in [6.07, 6.45) is -0.316. The molecule has 0 radical (unpaired) electrons. The molecule has 1 heterocycles. The van der Waals surface area contributed by atoms with Crippen LogP contribution in [0.5, 0.6) is 11.5 Å². The number of para-hydroxylation sites is 1. The van der Waals surface area contributed by atoms with Crippen LogP contribution in [0.3, 0.4) is 0 Å². The molecule has 1 atom stereocenters. The van der Waals surface area contributed by atoms with Gasteiger partial charge in [-0.3, -0.25) is 4.79 Å². The van der Waals surface area contributed by atoms with Crippen molar-refractivity contribution in [3.63, 3.8) is 0 Å². The number of hydrogen-bond acceptors (Lipinski definition) is 5. The highest BCUT2D eigenvalue weighted by Gasteiger charge is 2.23. The molecule has 2 N–H and O–H groups in total. The van der Waals surface area contributed by atoms with Gasteiger partial charge in [0, 0.05) is 18.5 Å². The van der Waals surface area contributed by atoms with Crippen LogP contribution in [0.2, 0.25) is 0 Å². The fourth-order valence-corrected chi connectivity index (χ4v) is 3.54. The third-order valence-corrected chi connectivity index (χ3v) is 5.20. The number of nitrogens with one attached hydrogen (secondary N) is 2. The maximum absolute atomic E-state index is 13.0. The number of benzene rings is 3. The Morgan fingerprint density at radius 2 is 1.55 bits per heavy atom. The lowest BCUT2D eigenvalue weighted by Gasteiger charge is -2.22. The van der Waals surface area contributed by atoms with Crippen LogP contribution in [0.15, 0.2) is 78.9 Å². The van der Waals surface area contributed by atoms with E-state index in [9.17, 15) is 9.59 Å². The van der Waals surface area contributed by atoms with E-state index in [4.69, 9.17) is 14.2 Å². The van der Waals surface area contributed by atoms with Crippen LogP contribution >= 0.6 is 0 Å². The highest BCUT2D eigenvalue weighted by Crippen LogP contribution is 2.33. The van der Waals surface area contributed by atoms with E-state index in [2.05, 4.69) is 10.6 Å². The Labute approximate surface area is 192 Å². The molecule has 0 aliphatic carbocycles. The summed E-state index contributed by atoms with van der Waals surface area (Å²) in [6, 6.07) is 23.7. The SMILES string of the molecule is O=C(N[C@@H](Cc1ccccc1)C(=O)NCc1cccc2c1OCCO2)OCc1ccccc1. The number of fused-ring (bicyclic) bond motifs is 1. The van der Waals surface area contributed by atoms with Crippen LogP contribution < -0.4 is 20.1 Å². The smallest absolute Gasteiger partial charge is 0.408 e. The zero-order valence-corrected chi connectivity index (χ0v) is 18.2. The maximum atomic E-state index is 13.0. The lowest BCUT2D eigenvalue weighted by atomic mass is 10.1. The van der Waals surface area contributed by atoms with Gasteiger partial charge in [0.15, 0.2) is 11.5 Å². The largest absolute Gasteiger partial charge is 0.486 e. The molecule has 0 aromatic heterocycles. The molecule has 170 valence electrons. The summed E-state index contributed by atoms with van der Waals surface area (Å²) in [5, 5.41) is 5.61. The van der Waals surface area contributed by atoms with E-state index in [1.165, 1.54) is 0 Å². The van der Waals surface area contributed by atoms with E-state index in [-0.39, 0.29) is 19.1 Å². The first-order valence-electron chi connectivity index (χ1n) is 10.9. The zero-order valence-electron chi connectivity index (χ0n) is 18.2. The van der Waals surface area contributed by atoms with Crippen LogP contribution in [-0.2, 0) is 29.1 Å². The molecule has 7 nitrogen and oxygen atoms in total. The Bertz CT molecular complexity index is 1070. The quantitative estimate of drug-likeness (QED) is 0.552. The molecule has 0 unspecified atom stereocenters. The molecule has 33 heavy (non-hydrogen) atoms. The minimum absolute atomic E-state index is 0.125. The van der Waals surface area contributed by atoms with Crippen LogP contribution in [0.1, 0.15) is 16.7 Å². The van der Waals surface area contributed by atoms with Crippen LogP contribution in [0, 0.1) is 0 Å². The van der Waals surface area contributed by atoms with Crippen molar-refractivity contribution >= 4 is 12.0 Å². The highest BCUT2D eigenvalue weighted by atomic mass is 16.6. The van der Waals surface area contributed by atoms with Crippen molar-refractivity contribution in [3.8, 4) is 11.5 Å².